The molecule has 0 fully saturated rings. The summed E-state index contributed by atoms with van der Waals surface area (Å²) in [5.41, 5.74) is -1.16. The van der Waals surface area contributed by atoms with Gasteiger partial charge >= 0.3 is 64.7 Å². The first-order valence-electron chi connectivity index (χ1n) is 4.85. The van der Waals surface area contributed by atoms with Crippen LogP contribution in [-0.4, -0.2) is 27.2 Å². The minimum Gasteiger partial charge on any atom is -0.470 e. The fraction of sp³-hybridized carbons (Fsp3) is 0.333. The van der Waals surface area contributed by atoms with E-state index in [1.54, 1.807) is 0 Å². The van der Waals surface area contributed by atoms with Gasteiger partial charge in [-0.05, 0) is 6.07 Å². The van der Waals surface area contributed by atoms with E-state index in [2.05, 4.69) is 14.2 Å². The third-order valence-electron chi connectivity index (χ3n) is 1.90. The fourth-order valence-electron chi connectivity index (χ4n) is 1.23. The Morgan fingerprint density at radius 2 is 1.75 bits per heavy atom. The van der Waals surface area contributed by atoms with Crippen LogP contribution in [0.1, 0.15) is 0 Å². The fourth-order valence-corrected chi connectivity index (χ4v) is 1.23. The number of halogens is 6. The molecule has 0 saturated heterocycles. The van der Waals surface area contributed by atoms with Gasteiger partial charge in [0.1, 0.15) is 5.75 Å². The zero-order valence-electron chi connectivity index (χ0n) is 10.5. The number of benzene rings is 1. The van der Waals surface area contributed by atoms with Crippen LogP contribution in [-0.2, 0) is 4.74 Å². The van der Waals surface area contributed by atoms with Gasteiger partial charge in [0.05, 0.1) is 5.75 Å². The molecule has 0 aliphatic carbocycles. The van der Waals surface area contributed by atoms with Crippen LogP contribution in [0.5, 0.6) is 11.5 Å². The van der Waals surface area contributed by atoms with Crippen LogP contribution in [0, 0.1) is 0 Å². The van der Waals surface area contributed by atoms with Crippen molar-refractivity contribution >= 4 is 12.4 Å². The van der Waals surface area contributed by atoms with E-state index < -0.39 is 37.1 Å². The molecule has 1 rings (SSSR count). The number of rotatable bonds is 5. The number of alkyl halides is 3. The molecule has 0 amide bonds. The van der Waals surface area contributed by atoms with Crippen molar-refractivity contribution in [3.63, 3.8) is 0 Å². The second-order valence-electron chi connectivity index (χ2n) is 3.37. The molecule has 0 spiro atoms. The summed E-state index contributed by atoms with van der Waals surface area (Å²) in [6.45, 7) is -5.96. The second-order valence-corrected chi connectivity index (χ2v) is 3.37. The molecule has 0 atom stereocenters. The monoisotopic (exact) mass is 328 g/mol. The Morgan fingerprint density at radius 1 is 1.15 bits per heavy atom. The first-order valence-corrected chi connectivity index (χ1v) is 4.85. The average Bonchev–Trinajstić information content (AvgIpc) is 2.22. The maximum Gasteiger partial charge on any atom is 1.00 e. The molecule has 0 unspecified atom stereocenters. The first kappa shape index (κ1) is 20.1. The smallest absolute Gasteiger partial charge is 0.470 e. The Morgan fingerprint density at radius 3 is 2.20 bits per heavy atom. The topological polar surface area (TPSA) is 27.7 Å². The molecule has 0 radical (unpaired) electrons. The van der Waals surface area contributed by atoms with Gasteiger partial charge in [0, 0.05) is 13.2 Å². The summed E-state index contributed by atoms with van der Waals surface area (Å²) in [7, 11) is 1.16. The summed E-state index contributed by atoms with van der Waals surface area (Å²) in [6, 6.07) is 1.54. The van der Waals surface area contributed by atoms with Crippen molar-refractivity contribution in [1.82, 2.24) is 0 Å². The Kier molecular flexibility index (Phi) is 7.92. The zero-order chi connectivity index (χ0) is 14.7. The van der Waals surface area contributed by atoms with E-state index in [9.17, 15) is 26.1 Å². The van der Waals surface area contributed by atoms with E-state index in [1.165, 1.54) is 0 Å². The van der Waals surface area contributed by atoms with Gasteiger partial charge in [-0.1, -0.05) is 11.5 Å². The minimum atomic E-state index is -5.42. The molecule has 1 aromatic rings. The van der Waals surface area contributed by atoms with Gasteiger partial charge in [0.2, 0.25) is 0 Å². The van der Waals surface area contributed by atoms with Gasteiger partial charge < -0.3 is 27.2 Å². The molecule has 0 heterocycles. The zero-order valence-corrected chi connectivity index (χ0v) is 13.6. The molecule has 0 aromatic heterocycles. The van der Waals surface area contributed by atoms with Crippen LogP contribution < -0.4 is 66.3 Å². The van der Waals surface area contributed by atoms with Crippen LogP contribution in [0.2, 0.25) is 0 Å². The summed E-state index contributed by atoms with van der Waals surface area (Å²) in [5, 5.41) is 0. The van der Waals surface area contributed by atoms with Crippen LogP contribution >= 0.6 is 0 Å². The quantitative estimate of drug-likeness (QED) is 0.419. The number of hydrogen-bond acceptors (Lipinski definition) is 3. The van der Waals surface area contributed by atoms with Gasteiger partial charge in [-0.3, -0.25) is 0 Å². The standard InChI is InChI=1S/C9H8BF6O3.K/c1-17-5-18-8-4-6(19-9(11,12)13)2-3-7(8)10(14,15)16;/h2-4H,5H2,1H3;/q-1;+1. The van der Waals surface area contributed by atoms with Crippen LogP contribution in [0.25, 0.3) is 0 Å². The Bertz CT molecular complexity index is 437. The Hall–Kier alpha value is 0.0613. The summed E-state index contributed by atoms with van der Waals surface area (Å²) < 4.78 is 86.2. The van der Waals surface area contributed by atoms with E-state index in [-0.39, 0.29) is 51.4 Å². The third-order valence-corrected chi connectivity index (χ3v) is 1.90. The van der Waals surface area contributed by atoms with Gasteiger partial charge in [0.25, 0.3) is 0 Å². The van der Waals surface area contributed by atoms with Crippen molar-refractivity contribution in [2.75, 3.05) is 13.9 Å². The Labute approximate surface area is 153 Å². The van der Waals surface area contributed by atoms with E-state index in [0.717, 1.165) is 7.11 Å². The minimum absolute atomic E-state index is 0. The molecule has 3 nitrogen and oxygen atoms in total. The average molecular weight is 328 g/mol. The Balaban J connectivity index is 0.00000361. The number of hydrogen-bond donors (Lipinski definition) is 0. The van der Waals surface area contributed by atoms with E-state index in [1.807, 2.05) is 0 Å². The SMILES string of the molecule is COCOc1cc(OC(F)(F)F)ccc1[B-](F)(F)F.[K+]. The van der Waals surface area contributed by atoms with Gasteiger partial charge in [-0.2, -0.15) is 0 Å². The molecule has 108 valence electrons. The molecule has 0 aliphatic heterocycles. The maximum absolute atomic E-state index is 12.6. The van der Waals surface area contributed by atoms with Crippen molar-refractivity contribution in [3.8, 4) is 11.5 Å². The van der Waals surface area contributed by atoms with Gasteiger partial charge in [-0.15, -0.1) is 13.2 Å². The summed E-state index contributed by atoms with van der Waals surface area (Å²) >= 11 is 0. The van der Waals surface area contributed by atoms with Crippen molar-refractivity contribution in [1.29, 1.82) is 0 Å². The molecule has 11 heteroatoms. The van der Waals surface area contributed by atoms with Gasteiger partial charge in [0.15, 0.2) is 6.79 Å². The largest absolute Gasteiger partial charge is 1.00 e. The molecular weight excluding hydrogens is 320 g/mol. The predicted molar refractivity (Wildman–Crippen MR) is 54.3 cm³/mol. The van der Waals surface area contributed by atoms with Gasteiger partial charge in [-0.25, -0.2) is 0 Å². The molecular formula is C9H8BF6KO3. The number of ether oxygens (including phenoxy) is 3. The van der Waals surface area contributed by atoms with E-state index >= 15 is 0 Å². The van der Waals surface area contributed by atoms with E-state index in [0.29, 0.717) is 18.2 Å². The second kappa shape index (κ2) is 7.90. The first-order chi connectivity index (χ1) is 8.63. The van der Waals surface area contributed by atoms with Crippen molar-refractivity contribution in [3.05, 3.63) is 18.2 Å². The molecule has 0 saturated carbocycles. The van der Waals surface area contributed by atoms with Crippen LogP contribution in [0.4, 0.5) is 26.1 Å². The normalized spacial score (nSPS) is 11.8. The molecule has 1 aromatic carbocycles. The van der Waals surface area contributed by atoms with E-state index in [4.69, 9.17) is 0 Å². The van der Waals surface area contributed by atoms with Crippen molar-refractivity contribution < 1.29 is 91.7 Å². The molecule has 0 bridgehead atoms. The summed E-state index contributed by atoms with van der Waals surface area (Å²) in [4.78, 5) is 0. The maximum atomic E-state index is 12.6. The molecule has 0 N–H and O–H groups in total. The van der Waals surface area contributed by atoms with Crippen LogP contribution in [0.15, 0.2) is 18.2 Å². The van der Waals surface area contributed by atoms with Crippen LogP contribution in [0.3, 0.4) is 0 Å². The summed E-state index contributed by atoms with van der Waals surface area (Å²) in [5.74, 6) is -1.58. The third kappa shape index (κ3) is 6.68. The number of methoxy groups -OCH3 is 1. The molecule has 20 heavy (non-hydrogen) atoms. The predicted octanol–water partition coefficient (Wildman–Crippen LogP) is -0.374. The molecule has 0 aliphatic rings. The summed E-state index contributed by atoms with van der Waals surface area (Å²) in [6.07, 6.45) is -5.00. The van der Waals surface area contributed by atoms with Crippen molar-refractivity contribution in [2.45, 2.75) is 6.36 Å². The van der Waals surface area contributed by atoms with Crippen molar-refractivity contribution in [2.24, 2.45) is 0 Å².